The van der Waals surface area contributed by atoms with Crippen LogP contribution in [0.1, 0.15) is 45.4 Å². The minimum Gasteiger partial charge on any atom is -0.382 e. The first-order chi connectivity index (χ1) is 7.86. The van der Waals surface area contributed by atoms with Crippen LogP contribution in [0.5, 0.6) is 0 Å². The molecule has 0 radical (unpaired) electrons. The van der Waals surface area contributed by atoms with E-state index in [1.54, 1.807) is 0 Å². The van der Waals surface area contributed by atoms with E-state index in [-0.39, 0.29) is 0 Å². The van der Waals surface area contributed by atoms with Gasteiger partial charge in [-0.3, -0.25) is 0 Å². The lowest BCUT2D eigenvalue weighted by molar-refractivity contribution is 0.0984. The molecule has 0 spiro atoms. The van der Waals surface area contributed by atoms with Gasteiger partial charge in [-0.15, -0.1) is 0 Å². The molecule has 1 rings (SSSR count). The predicted molar refractivity (Wildman–Crippen MR) is 66.8 cm³/mol. The largest absolute Gasteiger partial charge is 0.382 e. The summed E-state index contributed by atoms with van der Waals surface area (Å²) in [5, 5.41) is 3.39. The van der Waals surface area contributed by atoms with Gasteiger partial charge in [0.1, 0.15) is 0 Å². The third-order valence-corrected chi connectivity index (χ3v) is 3.31. The van der Waals surface area contributed by atoms with Gasteiger partial charge in [0, 0.05) is 25.9 Å². The lowest BCUT2D eigenvalue weighted by Crippen LogP contribution is -2.26. The highest BCUT2D eigenvalue weighted by atomic mass is 16.5. The molecule has 1 heterocycles. The second kappa shape index (κ2) is 8.97. The SMILES string of the molecule is CCOCCCC(CCC1CCCO1)NC. The van der Waals surface area contributed by atoms with Crippen molar-refractivity contribution in [2.24, 2.45) is 0 Å². The van der Waals surface area contributed by atoms with Crippen molar-refractivity contribution in [2.75, 3.05) is 26.9 Å². The zero-order valence-corrected chi connectivity index (χ0v) is 10.8. The summed E-state index contributed by atoms with van der Waals surface area (Å²) in [6, 6.07) is 0.629. The van der Waals surface area contributed by atoms with Crippen LogP contribution in [0.4, 0.5) is 0 Å². The van der Waals surface area contributed by atoms with Crippen LogP contribution in [-0.2, 0) is 9.47 Å². The summed E-state index contributed by atoms with van der Waals surface area (Å²) in [5.41, 5.74) is 0. The molecule has 0 bridgehead atoms. The highest BCUT2D eigenvalue weighted by Crippen LogP contribution is 2.18. The topological polar surface area (TPSA) is 30.5 Å². The van der Waals surface area contributed by atoms with Gasteiger partial charge in [0.25, 0.3) is 0 Å². The van der Waals surface area contributed by atoms with Crippen LogP contribution in [0.3, 0.4) is 0 Å². The lowest BCUT2D eigenvalue weighted by atomic mass is 10.0. The molecule has 2 atom stereocenters. The summed E-state index contributed by atoms with van der Waals surface area (Å²) in [4.78, 5) is 0. The molecule has 1 aliphatic heterocycles. The molecule has 96 valence electrons. The van der Waals surface area contributed by atoms with E-state index in [0.717, 1.165) is 26.2 Å². The summed E-state index contributed by atoms with van der Waals surface area (Å²) in [5.74, 6) is 0. The summed E-state index contributed by atoms with van der Waals surface area (Å²) in [6.45, 7) is 4.75. The maximum Gasteiger partial charge on any atom is 0.0576 e. The van der Waals surface area contributed by atoms with Crippen molar-refractivity contribution in [3.63, 3.8) is 0 Å². The first-order valence-corrected chi connectivity index (χ1v) is 6.73. The Morgan fingerprint density at radius 2 is 2.31 bits per heavy atom. The molecule has 0 aromatic heterocycles. The van der Waals surface area contributed by atoms with Crippen LogP contribution >= 0.6 is 0 Å². The number of hydrogen-bond donors (Lipinski definition) is 1. The third-order valence-electron chi connectivity index (χ3n) is 3.31. The molecule has 1 saturated heterocycles. The van der Waals surface area contributed by atoms with E-state index < -0.39 is 0 Å². The zero-order chi connectivity index (χ0) is 11.6. The van der Waals surface area contributed by atoms with Crippen molar-refractivity contribution in [1.82, 2.24) is 5.32 Å². The zero-order valence-electron chi connectivity index (χ0n) is 10.8. The second-order valence-electron chi connectivity index (χ2n) is 4.54. The van der Waals surface area contributed by atoms with Crippen molar-refractivity contribution in [3.05, 3.63) is 0 Å². The van der Waals surface area contributed by atoms with Crippen LogP contribution < -0.4 is 5.32 Å². The molecule has 3 heteroatoms. The molecule has 2 unspecified atom stereocenters. The number of hydrogen-bond acceptors (Lipinski definition) is 3. The van der Waals surface area contributed by atoms with E-state index in [1.807, 2.05) is 6.92 Å². The quantitative estimate of drug-likeness (QED) is 0.616. The van der Waals surface area contributed by atoms with Gasteiger partial charge in [0.2, 0.25) is 0 Å². The number of ether oxygens (including phenoxy) is 2. The van der Waals surface area contributed by atoms with E-state index in [0.29, 0.717) is 12.1 Å². The molecule has 1 N–H and O–H groups in total. The standard InChI is InChI=1S/C13H27NO2/c1-3-15-10-4-6-12(14-2)8-9-13-7-5-11-16-13/h12-14H,3-11H2,1-2H3. The van der Waals surface area contributed by atoms with Gasteiger partial charge in [-0.25, -0.2) is 0 Å². The van der Waals surface area contributed by atoms with Gasteiger partial charge in [-0.2, -0.15) is 0 Å². The van der Waals surface area contributed by atoms with Gasteiger partial charge >= 0.3 is 0 Å². The van der Waals surface area contributed by atoms with Crippen molar-refractivity contribution in [3.8, 4) is 0 Å². The molecule has 3 nitrogen and oxygen atoms in total. The molecule has 0 aromatic carbocycles. The van der Waals surface area contributed by atoms with E-state index in [1.165, 1.54) is 32.1 Å². The Labute approximate surface area is 99.9 Å². The third kappa shape index (κ3) is 5.83. The predicted octanol–water partition coefficient (Wildman–Crippen LogP) is 2.35. The van der Waals surface area contributed by atoms with Gasteiger partial charge in [-0.05, 0) is 52.5 Å². The van der Waals surface area contributed by atoms with Crippen LogP contribution in [0, 0.1) is 0 Å². The molecule has 0 aromatic rings. The molecule has 1 fully saturated rings. The lowest BCUT2D eigenvalue weighted by Gasteiger charge is -2.18. The fourth-order valence-electron chi connectivity index (χ4n) is 2.27. The van der Waals surface area contributed by atoms with Crippen molar-refractivity contribution >= 4 is 0 Å². The fraction of sp³-hybridized carbons (Fsp3) is 1.00. The first-order valence-electron chi connectivity index (χ1n) is 6.73. The van der Waals surface area contributed by atoms with Crippen LogP contribution in [0.2, 0.25) is 0 Å². The highest BCUT2D eigenvalue weighted by molar-refractivity contribution is 4.71. The average molecular weight is 229 g/mol. The Kier molecular flexibility index (Phi) is 7.81. The van der Waals surface area contributed by atoms with Crippen molar-refractivity contribution in [1.29, 1.82) is 0 Å². The van der Waals surface area contributed by atoms with Gasteiger partial charge in [0.05, 0.1) is 6.10 Å². The van der Waals surface area contributed by atoms with Crippen molar-refractivity contribution in [2.45, 2.75) is 57.6 Å². The minimum absolute atomic E-state index is 0.530. The Hall–Kier alpha value is -0.120. The summed E-state index contributed by atoms with van der Waals surface area (Å²) in [6.07, 6.45) is 7.85. The monoisotopic (exact) mass is 229 g/mol. The average Bonchev–Trinajstić information content (AvgIpc) is 2.81. The molecule has 16 heavy (non-hydrogen) atoms. The van der Waals surface area contributed by atoms with Crippen LogP contribution in [0.25, 0.3) is 0 Å². The Bertz CT molecular complexity index is 158. The maximum absolute atomic E-state index is 5.64. The molecular formula is C13H27NO2. The smallest absolute Gasteiger partial charge is 0.0576 e. The molecule has 0 saturated carbocycles. The molecular weight excluding hydrogens is 202 g/mol. The Morgan fingerprint density at radius 1 is 1.44 bits per heavy atom. The highest BCUT2D eigenvalue weighted by Gasteiger charge is 2.16. The second-order valence-corrected chi connectivity index (χ2v) is 4.54. The van der Waals surface area contributed by atoms with E-state index >= 15 is 0 Å². The fourth-order valence-corrected chi connectivity index (χ4v) is 2.27. The summed E-state index contributed by atoms with van der Waals surface area (Å²) in [7, 11) is 2.06. The minimum atomic E-state index is 0.530. The summed E-state index contributed by atoms with van der Waals surface area (Å²) >= 11 is 0. The Morgan fingerprint density at radius 3 is 2.94 bits per heavy atom. The summed E-state index contributed by atoms with van der Waals surface area (Å²) < 4.78 is 11.0. The van der Waals surface area contributed by atoms with Crippen LogP contribution in [-0.4, -0.2) is 39.0 Å². The first kappa shape index (κ1) is 13.9. The normalized spacial score (nSPS) is 22.5. The maximum atomic E-state index is 5.64. The number of rotatable bonds is 9. The van der Waals surface area contributed by atoms with Gasteiger partial charge < -0.3 is 14.8 Å². The van der Waals surface area contributed by atoms with Crippen LogP contribution in [0.15, 0.2) is 0 Å². The van der Waals surface area contributed by atoms with Crippen molar-refractivity contribution < 1.29 is 9.47 Å². The Balaban J connectivity index is 2.01. The van der Waals surface area contributed by atoms with Gasteiger partial charge in [-0.1, -0.05) is 0 Å². The van der Waals surface area contributed by atoms with E-state index in [9.17, 15) is 0 Å². The van der Waals surface area contributed by atoms with E-state index in [4.69, 9.17) is 9.47 Å². The molecule has 0 amide bonds. The molecule has 0 aliphatic carbocycles. The van der Waals surface area contributed by atoms with E-state index in [2.05, 4.69) is 12.4 Å². The molecule has 1 aliphatic rings. The number of nitrogens with one attached hydrogen (secondary N) is 1. The van der Waals surface area contributed by atoms with Gasteiger partial charge in [0.15, 0.2) is 0 Å².